The minimum Gasteiger partial charge on any atom is -0.337 e. The van der Waals surface area contributed by atoms with Crippen molar-refractivity contribution in [1.82, 2.24) is 0 Å². The molecule has 0 aliphatic rings. The van der Waals surface area contributed by atoms with Gasteiger partial charge >= 0.3 is 0 Å². The number of benzene rings is 1. The fourth-order valence-electron chi connectivity index (χ4n) is 1.95. The molecule has 2 nitrogen and oxygen atoms in total. The Morgan fingerprint density at radius 2 is 1.71 bits per heavy atom. The Labute approximate surface area is 105 Å². The molecule has 1 radical (unpaired) electrons. The molecule has 0 fully saturated rings. The first-order chi connectivity index (χ1) is 8.38. The van der Waals surface area contributed by atoms with Crippen LogP contribution in [0.15, 0.2) is 24.3 Å². The van der Waals surface area contributed by atoms with E-state index in [2.05, 4.69) is 25.0 Å². The third-order valence-corrected chi connectivity index (χ3v) is 2.92. The van der Waals surface area contributed by atoms with E-state index in [9.17, 15) is 0 Å². The van der Waals surface area contributed by atoms with Crippen LogP contribution in [0.3, 0.4) is 0 Å². The van der Waals surface area contributed by atoms with Crippen molar-refractivity contribution < 1.29 is 9.78 Å². The fraction of sp³-hybridized carbons (Fsp3) is 0.533. The van der Waals surface area contributed by atoms with Gasteiger partial charge in [0.05, 0.1) is 0 Å². The highest BCUT2D eigenvalue weighted by molar-refractivity contribution is 5.32. The summed E-state index contributed by atoms with van der Waals surface area (Å²) in [6.07, 6.45) is 8.90. The van der Waals surface area contributed by atoms with Gasteiger partial charge in [0, 0.05) is 0 Å². The fourth-order valence-corrected chi connectivity index (χ4v) is 1.95. The van der Waals surface area contributed by atoms with Gasteiger partial charge in [0.25, 0.3) is 0 Å². The summed E-state index contributed by atoms with van der Waals surface area (Å²) < 4.78 is 0. The lowest BCUT2D eigenvalue weighted by molar-refractivity contribution is -0.154. The summed E-state index contributed by atoms with van der Waals surface area (Å²) in [4.78, 5) is 9.50. The van der Waals surface area contributed by atoms with E-state index in [1.54, 1.807) is 0 Å². The van der Waals surface area contributed by atoms with E-state index in [4.69, 9.17) is 4.89 Å². The highest BCUT2D eigenvalue weighted by atomic mass is 17.2. The molecule has 0 N–H and O–H groups in total. The molecule has 0 aliphatic heterocycles. The Balaban J connectivity index is 2.25. The van der Waals surface area contributed by atoms with E-state index in [0.29, 0.717) is 0 Å². The zero-order chi connectivity index (χ0) is 12.3. The first-order valence-corrected chi connectivity index (χ1v) is 6.55. The number of para-hydroxylation sites is 1. The van der Waals surface area contributed by atoms with Crippen LogP contribution in [0.2, 0.25) is 0 Å². The normalized spacial score (nSPS) is 10.5. The Hall–Kier alpha value is -1.02. The predicted molar refractivity (Wildman–Crippen MR) is 70.6 cm³/mol. The average molecular weight is 235 g/mol. The van der Waals surface area contributed by atoms with E-state index in [1.165, 1.54) is 44.1 Å². The highest BCUT2D eigenvalue weighted by Crippen LogP contribution is 2.20. The number of aryl methyl sites for hydroxylation is 1. The largest absolute Gasteiger partial charge is 0.337 e. The maximum Gasteiger partial charge on any atom is 0.168 e. The summed E-state index contributed by atoms with van der Waals surface area (Å²) in [6, 6.07) is 7.97. The molecule has 0 atom stereocenters. The van der Waals surface area contributed by atoms with Gasteiger partial charge in [0.1, 0.15) is 7.11 Å². The smallest absolute Gasteiger partial charge is 0.168 e. The van der Waals surface area contributed by atoms with Gasteiger partial charge in [-0.3, -0.25) is 0 Å². The first-order valence-electron chi connectivity index (χ1n) is 6.55. The van der Waals surface area contributed by atoms with Crippen molar-refractivity contribution in [2.75, 3.05) is 0 Å². The quantitative estimate of drug-likeness (QED) is 0.351. The minimum absolute atomic E-state index is 0.788. The van der Waals surface area contributed by atoms with Crippen LogP contribution < -0.4 is 4.89 Å². The molecule has 1 aromatic carbocycles. The van der Waals surface area contributed by atoms with Crippen LogP contribution in [0.25, 0.3) is 0 Å². The Bertz CT molecular complexity index is 297. The maximum absolute atomic E-state index is 5.02. The number of hydrogen-bond donors (Lipinski definition) is 0. The van der Waals surface area contributed by atoms with Crippen molar-refractivity contribution in [2.24, 2.45) is 0 Å². The van der Waals surface area contributed by atoms with Crippen molar-refractivity contribution in [3.63, 3.8) is 0 Å². The van der Waals surface area contributed by atoms with Crippen LogP contribution in [-0.4, -0.2) is 0 Å². The lowest BCUT2D eigenvalue weighted by atomic mass is 10.0. The lowest BCUT2D eigenvalue weighted by Gasteiger charge is -2.07. The molecule has 1 aromatic rings. The molecule has 0 saturated heterocycles. The third kappa shape index (κ3) is 5.73. The van der Waals surface area contributed by atoms with Crippen LogP contribution in [0.4, 0.5) is 0 Å². The standard InChI is InChI=1S/C15H23O2/c1-3-4-5-6-7-8-11-14-12-9-10-13-15(14)17-16-2/h9-10,12-13H,2-8,11H2,1H3. The second-order valence-electron chi connectivity index (χ2n) is 4.33. The van der Waals surface area contributed by atoms with Crippen LogP contribution in [0.1, 0.15) is 51.0 Å². The van der Waals surface area contributed by atoms with Gasteiger partial charge in [-0.25, -0.2) is 0 Å². The van der Waals surface area contributed by atoms with Gasteiger partial charge in [-0.05, 0) is 24.5 Å². The van der Waals surface area contributed by atoms with Crippen LogP contribution in [-0.2, 0) is 11.3 Å². The van der Waals surface area contributed by atoms with Gasteiger partial charge in [-0.15, -0.1) is 0 Å². The summed E-state index contributed by atoms with van der Waals surface area (Å²) in [6.45, 7) is 2.24. The van der Waals surface area contributed by atoms with Crippen molar-refractivity contribution in [2.45, 2.75) is 51.9 Å². The lowest BCUT2D eigenvalue weighted by Crippen LogP contribution is -1.95. The molecular formula is C15H23O2. The molecule has 0 bridgehead atoms. The summed E-state index contributed by atoms with van der Waals surface area (Å²) in [5.41, 5.74) is 1.20. The van der Waals surface area contributed by atoms with Gasteiger partial charge in [0.2, 0.25) is 0 Å². The molecule has 0 unspecified atom stereocenters. The van der Waals surface area contributed by atoms with Gasteiger partial charge in [-0.2, -0.15) is 4.89 Å². The summed E-state index contributed by atoms with van der Waals surface area (Å²) in [5.74, 6) is 0.788. The number of rotatable bonds is 9. The Morgan fingerprint density at radius 1 is 1.00 bits per heavy atom. The molecule has 0 amide bonds. The molecule has 2 heteroatoms. The molecule has 0 aliphatic carbocycles. The molecular weight excluding hydrogens is 212 g/mol. The van der Waals surface area contributed by atoms with E-state index in [-0.39, 0.29) is 0 Å². The van der Waals surface area contributed by atoms with E-state index >= 15 is 0 Å². The summed E-state index contributed by atoms with van der Waals surface area (Å²) in [5, 5.41) is 0. The SMILES string of the molecule is [CH2]OOc1ccccc1CCCCCCCC. The zero-order valence-corrected chi connectivity index (χ0v) is 10.8. The summed E-state index contributed by atoms with van der Waals surface area (Å²) in [7, 11) is 3.23. The summed E-state index contributed by atoms with van der Waals surface area (Å²) >= 11 is 0. The highest BCUT2D eigenvalue weighted by Gasteiger charge is 2.02. The van der Waals surface area contributed by atoms with Crippen LogP contribution in [0.5, 0.6) is 5.75 Å². The molecule has 1 rings (SSSR count). The van der Waals surface area contributed by atoms with Gasteiger partial charge in [0.15, 0.2) is 5.75 Å². The Kier molecular flexibility index (Phi) is 7.48. The predicted octanol–water partition coefficient (Wildman–Crippen LogP) is 4.69. The minimum atomic E-state index is 0.788. The topological polar surface area (TPSA) is 18.5 Å². The zero-order valence-electron chi connectivity index (χ0n) is 10.8. The van der Waals surface area contributed by atoms with Crippen molar-refractivity contribution in [3.05, 3.63) is 36.9 Å². The number of unbranched alkanes of at least 4 members (excludes halogenated alkanes) is 5. The molecule has 95 valence electrons. The second-order valence-corrected chi connectivity index (χ2v) is 4.33. The van der Waals surface area contributed by atoms with Gasteiger partial charge < -0.3 is 4.89 Å². The second kappa shape index (κ2) is 9.06. The first kappa shape index (κ1) is 14.0. The average Bonchev–Trinajstić information content (AvgIpc) is 2.36. The van der Waals surface area contributed by atoms with Gasteiger partial charge in [-0.1, -0.05) is 57.2 Å². The van der Waals surface area contributed by atoms with Crippen molar-refractivity contribution in [1.29, 1.82) is 0 Å². The molecule has 0 saturated carbocycles. The van der Waals surface area contributed by atoms with Crippen LogP contribution >= 0.6 is 0 Å². The Morgan fingerprint density at radius 3 is 2.47 bits per heavy atom. The van der Waals surface area contributed by atoms with Crippen molar-refractivity contribution in [3.8, 4) is 5.75 Å². The van der Waals surface area contributed by atoms with Crippen LogP contribution in [0, 0.1) is 7.11 Å². The monoisotopic (exact) mass is 235 g/mol. The van der Waals surface area contributed by atoms with E-state index in [0.717, 1.165) is 12.2 Å². The van der Waals surface area contributed by atoms with Crippen molar-refractivity contribution >= 4 is 0 Å². The third-order valence-electron chi connectivity index (χ3n) is 2.92. The molecule has 0 aromatic heterocycles. The maximum atomic E-state index is 5.02. The van der Waals surface area contributed by atoms with E-state index in [1.807, 2.05) is 18.2 Å². The molecule has 17 heavy (non-hydrogen) atoms. The molecule has 0 spiro atoms. The molecule has 0 heterocycles. The number of hydrogen-bond acceptors (Lipinski definition) is 2. The van der Waals surface area contributed by atoms with E-state index < -0.39 is 0 Å².